The topological polar surface area (TPSA) is 93.2 Å². The number of Topliss-reactive ketones (excluding diaryl/α,β-unsaturated/α-hetero) is 2. The summed E-state index contributed by atoms with van der Waals surface area (Å²) < 4.78 is 27.5. The van der Waals surface area contributed by atoms with Crippen LogP contribution in [0.4, 0.5) is 0 Å². The first-order valence-electron chi connectivity index (χ1n) is 6.88. The van der Waals surface area contributed by atoms with Crippen LogP contribution in [0.1, 0.15) is 19.3 Å². The minimum atomic E-state index is -3.88. The van der Waals surface area contributed by atoms with Crippen molar-refractivity contribution in [1.82, 2.24) is 9.71 Å². The van der Waals surface area contributed by atoms with Crippen LogP contribution in [0.15, 0.2) is 41.4 Å². The summed E-state index contributed by atoms with van der Waals surface area (Å²) in [6.45, 7) is 0. The molecule has 1 saturated carbocycles. The fourth-order valence-corrected chi connectivity index (χ4v) is 3.97. The maximum Gasteiger partial charge on any atom is 0.243 e. The predicted octanol–water partition coefficient (Wildman–Crippen LogP) is 1.20. The molecule has 0 saturated heterocycles. The highest BCUT2D eigenvalue weighted by Gasteiger charge is 2.31. The van der Waals surface area contributed by atoms with Crippen molar-refractivity contribution in [3.05, 3.63) is 36.5 Å². The Kier molecular flexibility index (Phi) is 3.76. The molecule has 1 N–H and O–H groups in total. The second-order valence-corrected chi connectivity index (χ2v) is 6.91. The number of sulfonamides is 1. The molecule has 1 aromatic heterocycles. The average Bonchev–Trinajstić information content (AvgIpc) is 2.49. The van der Waals surface area contributed by atoms with E-state index < -0.39 is 16.1 Å². The molecule has 0 bridgehead atoms. The molecule has 3 rings (SSSR count). The van der Waals surface area contributed by atoms with Crippen molar-refractivity contribution >= 4 is 32.5 Å². The van der Waals surface area contributed by atoms with Gasteiger partial charge in [0.05, 0.1) is 18.0 Å². The minimum Gasteiger partial charge on any atom is -0.299 e. The summed E-state index contributed by atoms with van der Waals surface area (Å²) in [4.78, 5) is 27.2. The molecule has 0 amide bonds. The van der Waals surface area contributed by atoms with Crippen LogP contribution in [0.5, 0.6) is 0 Å². The van der Waals surface area contributed by atoms with Crippen molar-refractivity contribution in [2.45, 2.75) is 30.2 Å². The minimum absolute atomic E-state index is 0.0373. The summed E-state index contributed by atoms with van der Waals surface area (Å²) in [6.07, 6.45) is 1.73. The smallest absolute Gasteiger partial charge is 0.243 e. The van der Waals surface area contributed by atoms with Gasteiger partial charge in [-0.25, -0.2) is 13.1 Å². The Morgan fingerprint density at radius 3 is 2.68 bits per heavy atom. The van der Waals surface area contributed by atoms with Gasteiger partial charge in [-0.1, -0.05) is 18.2 Å². The van der Waals surface area contributed by atoms with Crippen molar-refractivity contribution in [3.63, 3.8) is 0 Å². The fourth-order valence-electron chi connectivity index (χ4n) is 2.54. The van der Waals surface area contributed by atoms with E-state index in [1.807, 2.05) is 0 Å². The molecule has 2 aromatic rings. The van der Waals surface area contributed by atoms with Crippen molar-refractivity contribution < 1.29 is 18.0 Å². The Bertz CT molecular complexity index is 855. The molecule has 0 radical (unpaired) electrons. The first kappa shape index (κ1) is 14.8. The molecular weight excluding hydrogens is 304 g/mol. The zero-order valence-corrected chi connectivity index (χ0v) is 12.5. The molecule has 1 aliphatic rings. The van der Waals surface area contributed by atoms with E-state index in [9.17, 15) is 18.0 Å². The number of pyridine rings is 1. The monoisotopic (exact) mass is 318 g/mol. The summed E-state index contributed by atoms with van der Waals surface area (Å²) in [5.41, 5.74) is 0.358. The number of nitrogens with zero attached hydrogens (tertiary/aromatic N) is 1. The molecule has 7 heteroatoms. The molecule has 1 heterocycles. The SMILES string of the molecule is O=C1CCC(NS(=O)(=O)c2cccc3cccnc23)C(=O)C1. The maximum atomic E-state index is 12.6. The van der Waals surface area contributed by atoms with E-state index >= 15 is 0 Å². The lowest BCUT2D eigenvalue weighted by atomic mass is 9.94. The Labute approximate surface area is 127 Å². The van der Waals surface area contributed by atoms with Crippen LogP contribution in [0, 0.1) is 0 Å². The molecule has 0 aliphatic heterocycles. The predicted molar refractivity (Wildman–Crippen MR) is 79.7 cm³/mol. The van der Waals surface area contributed by atoms with E-state index in [1.165, 1.54) is 12.3 Å². The van der Waals surface area contributed by atoms with Gasteiger partial charge in [-0.05, 0) is 18.6 Å². The van der Waals surface area contributed by atoms with Gasteiger partial charge in [-0.15, -0.1) is 0 Å². The van der Waals surface area contributed by atoms with Gasteiger partial charge in [-0.3, -0.25) is 14.6 Å². The molecule has 1 aromatic carbocycles. The van der Waals surface area contributed by atoms with Crippen LogP contribution in [-0.4, -0.2) is 31.0 Å². The number of fused-ring (bicyclic) bond motifs is 1. The Morgan fingerprint density at radius 2 is 1.91 bits per heavy atom. The number of carbonyl (C=O) groups excluding carboxylic acids is 2. The van der Waals surface area contributed by atoms with Crippen LogP contribution in [0.25, 0.3) is 10.9 Å². The van der Waals surface area contributed by atoms with Gasteiger partial charge in [0.25, 0.3) is 0 Å². The van der Waals surface area contributed by atoms with Gasteiger partial charge in [0.1, 0.15) is 10.7 Å². The number of aromatic nitrogens is 1. The van der Waals surface area contributed by atoms with Gasteiger partial charge < -0.3 is 0 Å². The Balaban J connectivity index is 1.95. The highest BCUT2D eigenvalue weighted by molar-refractivity contribution is 7.89. The molecule has 1 fully saturated rings. The lowest BCUT2D eigenvalue weighted by Crippen LogP contribution is -2.44. The average molecular weight is 318 g/mol. The Hall–Kier alpha value is -2.12. The molecule has 1 atom stereocenters. The largest absolute Gasteiger partial charge is 0.299 e. The molecule has 1 aliphatic carbocycles. The molecule has 1 unspecified atom stereocenters. The van der Waals surface area contributed by atoms with Gasteiger partial charge in [0.15, 0.2) is 5.78 Å². The van der Waals surface area contributed by atoms with Crippen LogP contribution in [0.3, 0.4) is 0 Å². The van der Waals surface area contributed by atoms with Crippen molar-refractivity contribution in [2.75, 3.05) is 0 Å². The number of ketones is 2. The molecule has 6 nitrogen and oxygen atoms in total. The second kappa shape index (κ2) is 5.58. The Morgan fingerprint density at radius 1 is 1.14 bits per heavy atom. The van der Waals surface area contributed by atoms with E-state index in [2.05, 4.69) is 9.71 Å². The first-order chi connectivity index (χ1) is 10.5. The van der Waals surface area contributed by atoms with Crippen LogP contribution < -0.4 is 4.72 Å². The standard InChI is InChI=1S/C15H14N2O4S/c18-11-6-7-12(13(19)9-11)17-22(20,21)14-5-1-3-10-4-2-8-16-15(10)14/h1-5,8,12,17H,6-7,9H2. The van der Waals surface area contributed by atoms with Gasteiger partial charge >= 0.3 is 0 Å². The van der Waals surface area contributed by atoms with Gasteiger partial charge in [0.2, 0.25) is 10.0 Å². The fraction of sp³-hybridized carbons (Fsp3) is 0.267. The molecule has 22 heavy (non-hydrogen) atoms. The number of rotatable bonds is 3. The third-order valence-electron chi connectivity index (χ3n) is 3.65. The van der Waals surface area contributed by atoms with Gasteiger partial charge in [0, 0.05) is 18.0 Å². The summed E-state index contributed by atoms with van der Waals surface area (Å²) in [5, 5.41) is 0.704. The van der Waals surface area contributed by atoms with Gasteiger partial charge in [-0.2, -0.15) is 0 Å². The third-order valence-corrected chi connectivity index (χ3v) is 5.16. The van der Waals surface area contributed by atoms with E-state index in [1.54, 1.807) is 24.3 Å². The lowest BCUT2D eigenvalue weighted by Gasteiger charge is -2.21. The maximum absolute atomic E-state index is 12.6. The number of hydrogen-bond acceptors (Lipinski definition) is 5. The summed E-state index contributed by atoms with van der Waals surface area (Å²) >= 11 is 0. The van der Waals surface area contributed by atoms with Crippen LogP contribution in [0.2, 0.25) is 0 Å². The highest BCUT2D eigenvalue weighted by Crippen LogP contribution is 2.22. The van der Waals surface area contributed by atoms with Crippen molar-refractivity contribution in [2.24, 2.45) is 0 Å². The number of para-hydroxylation sites is 1. The van der Waals surface area contributed by atoms with Crippen LogP contribution in [-0.2, 0) is 19.6 Å². The third kappa shape index (κ3) is 2.77. The van der Waals surface area contributed by atoms with E-state index in [0.29, 0.717) is 10.9 Å². The molecule has 114 valence electrons. The summed E-state index contributed by atoms with van der Waals surface area (Å²) in [6, 6.07) is 7.50. The number of hydrogen-bond donors (Lipinski definition) is 1. The highest BCUT2D eigenvalue weighted by atomic mass is 32.2. The zero-order chi connectivity index (χ0) is 15.7. The second-order valence-electron chi connectivity index (χ2n) is 5.23. The first-order valence-corrected chi connectivity index (χ1v) is 8.36. The zero-order valence-electron chi connectivity index (χ0n) is 11.7. The van der Waals surface area contributed by atoms with E-state index in [-0.39, 0.29) is 35.7 Å². The summed E-state index contributed by atoms with van der Waals surface area (Å²) in [7, 11) is -3.88. The molecular formula is C15H14N2O4S. The number of carbonyl (C=O) groups is 2. The number of nitrogens with one attached hydrogen (secondary N) is 1. The lowest BCUT2D eigenvalue weighted by molar-refractivity contribution is -0.130. The molecule has 0 spiro atoms. The van der Waals surface area contributed by atoms with E-state index in [4.69, 9.17) is 0 Å². The van der Waals surface area contributed by atoms with Crippen molar-refractivity contribution in [3.8, 4) is 0 Å². The van der Waals surface area contributed by atoms with E-state index in [0.717, 1.165) is 0 Å². The van der Waals surface area contributed by atoms with Crippen molar-refractivity contribution in [1.29, 1.82) is 0 Å². The van der Waals surface area contributed by atoms with Crippen LogP contribution >= 0.6 is 0 Å². The number of benzene rings is 1. The quantitative estimate of drug-likeness (QED) is 0.858. The summed E-state index contributed by atoms with van der Waals surface area (Å²) in [5.74, 6) is -0.528. The normalized spacial score (nSPS) is 19.5.